The molecule has 1 saturated heterocycles. The van der Waals surface area contributed by atoms with Crippen LogP contribution < -0.4 is 0 Å². The van der Waals surface area contributed by atoms with Crippen LogP contribution in [0.1, 0.15) is 52.4 Å². The van der Waals surface area contributed by atoms with Crippen molar-refractivity contribution in [3.8, 4) is 0 Å². The lowest BCUT2D eigenvalue weighted by molar-refractivity contribution is -0.188. The van der Waals surface area contributed by atoms with Crippen molar-refractivity contribution < 1.29 is 19.4 Å². The predicted molar refractivity (Wildman–Crippen MR) is 66.0 cm³/mol. The first kappa shape index (κ1) is 13.4. The molecule has 0 aromatic heterocycles. The number of esters is 1. The van der Waals surface area contributed by atoms with Crippen LogP contribution in [0.2, 0.25) is 0 Å². The second kappa shape index (κ2) is 4.90. The first-order valence-corrected chi connectivity index (χ1v) is 6.84. The number of carboxylic acid groups (broad SMARTS) is 1. The summed E-state index contributed by atoms with van der Waals surface area (Å²) in [5.74, 6) is -1.04. The molecule has 1 aliphatic heterocycles. The number of rotatable bonds is 2. The molecule has 2 rings (SSSR count). The Morgan fingerprint density at radius 3 is 2.44 bits per heavy atom. The highest BCUT2D eigenvalue weighted by Gasteiger charge is 2.50. The molecule has 0 radical (unpaired) electrons. The second-order valence-corrected chi connectivity index (χ2v) is 6.34. The molecule has 2 unspecified atom stereocenters. The molecule has 18 heavy (non-hydrogen) atoms. The Bertz CT molecular complexity index is 342. The van der Waals surface area contributed by atoms with E-state index in [1.54, 1.807) is 0 Å². The zero-order valence-corrected chi connectivity index (χ0v) is 11.1. The SMILES string of the molecule is CC1(C)CC(=O)OC(C(=O)O)C1C1CCCCC1. The van der Waals surface area contributed by atoms with E-state index in [0.29, 0.717) is 12.3 Å². The average Bonchev–Trinajstić information content (AvgIpc) is 2.27. The van der Waals surface area contributed by atoms with Gasteiger partial charge < -0.3 is 9.84 Å². The molecule has 102 valence electrons. The number of ether oxygens (including phenoxy) is 1. The van der Waals surface area contributed by atoms with Gasteiger partial charge in [0, 0.05) is 5.92 Å². The smallest absolute Gasteiger partial charge is 0.345 e. The minimum absolute atomic E-state index is 0.0481. The van der Waals surface area contributed by atoms with Crippen molar-refractivity contribution in [2.24, 2.45) is 17.3 Å². The number of aliphatic carboxylic acids is 1. The molecular weight excluding hydrogens is 232 g/mol. The second-order valence-electron chi connectivity index (χ2n) is 6.34. The standard InChI is InChI=1S/C14H22O4/c1-14(2)8-10(15)18-12(13(16)17)11(14)9-6-4-3-5-7-9/h9,11-12H,3-8H2,1-2H3,(H,16,17). The monoisotopic (exact) mass is 254 g/mol. The van der Waals surface area contributed by atoms with Gasteiger partial charge in [-0.05, 0) is 11.3 Å². The number of carboxylic acids is 1. The maximum Gasteiger partial charge on any atom is 0.345 e. The normalized spacial score (nSPS) is 32.9. The van der Waals surface area contributed by atoms with Crippen LogP contribution in [0, 0.1) is 17.3 Å². The lowest BCUT2D eigenvalue weighted by Gasteiger charge is -2.46. The summed E-state index contributed by atoms with van der Waals surface area (Å²) in [7, 11) is 0. The van der Waals surface area contributed by atoms with Gasteiger partial charge >= 0.3 is 11.9 Å². The van der Waals surface area contributed by atoms with E-state index < -0.39 is 12.1 Å². The van der Waals surface area contributed by atoms with Gasteiger partial charge in [0.25, 0.3) is 0 Å². The molecule has 2 atom stereocenters. The summed E-state index contributed by atoms with van der Waals surface area (Å²) in [6, 6.07) is 0. The van der Waals surface area contributed by atoms with Crippen LogP contribution in [-0.4, -0.2) is 23.1 Å². The molecule has 1 saturated carbocycles. The van der Waals surface area contributed by atoms with E-state index in [1.165, 1.54) is 6.42 Å². The first-order chi connectivity index (χ1) is 8.42. The Morgan fingerprint density at radius 1 is 1.28 bits per heavy atom. The van der Waals surface area contributed by atoms with Gasteiger partial charge in [-0.15, -0.1) is 0 Å². The van der Waals surface area contributed by atoms with E-state index in [1.807, 2.05) is 13.8 Å². The fourth-order valence-electron chi connectivity index (χ4n) is 3.74. The van der Waals surface area contributed by atoms with Crippen LogP contribution in [0.15, 0.2) is 0 Å². The van der Waals surface area contributed by atoms with Crippen molar-refractivity contribution in [1.82, 2.24) is 0 Å². The summed E-state index contributed by atoms with van der Waals surface area (Å²) in [5.41, 5.74) is -0.277. The molecule has 2 aliphatic rings. The predicted octanol–water partition coefficient (Wildman–Crippen LogP) is 2.61. The molecule has 0 aromatic rings. The number of carbonyl (C=O) groups is 2. The lowest BCUT2D eigenvalue weighted by atomic mass is 9.62. The van der Waals surface area contributed by atoms with E-state index in [0.717, 1.165) is 25.7 Å². The van der Waals surface area contributed by atoms with Crippen molar-refractivity contribution in [3.63, 3.8) is 0 Å². The van der Waals surface area contributed by atoms with Crippen LogP contribution in [0.5, 0.6) is 0 Å². The average molecular weight is 254 g/mol. The third-order valence-electron chi connectivity index (χ3n) is 4.49. The van der Waals surface area contributed by atoms with Gasteiger partial charge in [0.15, 0.2) is 0 Å². The molecule has 2 fully saturated rings. The summed E-state index contributed by atoms with van der Waals surface area (Å²) in [6.45, 7) is 4.01. The zero-order chi connectivity index (χ0) is 13.3. The highest BCUT2D eigenvalue weighted by atomic mass is 16.6. The Hall–Kier alpha value is -1.06. The fourth-order valence-corrected chi connectivity index (χ4v) is 3.74. The Labute approximate surface area is 108 Å². The number of cyclic esters (lactones) is 1. The van der Waals surface area contributed by atoms with E-state index in [9.17, 15) is 14.7 Å². The van der Waals surface area contributed by atoms with Crippen LogP contribution in [0.3, 0.4) is 0 Å². The van der Waals surface area contributed by atoms with E-state index in [-0.39, 0.29) is 17.3 Å². The molecular formula is C14H22O4. The van der Waals surface area contributed by atoms with Crippen LogP contribution in [-0.2, 0) is 14.3 Å². The molecule has 4 heteroatoms. The molecule has 1 aliphatic carbocycles. The van der Waals surface area contributed by atoms with Crippen molar-refractivity contribution in [2.45, 2.75) is 58.5 Å². The Kier molecular flexibility index (Phi) is 3.64. The molecule has 1 heterocycles. The molecule has 0 bridgehead atoms. The summed E-state index contributed by atoms with van der Waals surface area (Å²) in [5, 5.41) is 9.31. The molecule has 0 amide bonds. The maximum atomic E-state index is 11.5. The largest absolute Gasteiger partial charge is 0.478 e. The highest BCUT2D eigenvalue weighted by molar-refractivity contribution is 5.80. The van der Waals surface area contributed by atoms with E-state index in [4.69, 9.17) is 4.74 Å². The van der Waals surface area contributed by atoms with Gasteiger partial charge in [-0.1, -0.05) is 46.0 Å². The van der Waals surface area contributed by atoms with Gasteiger partial charge in [0.1, 0.15) is 0 Å². The van der Waals surface area contributed by atoms with Gasteiger partial charge in [-0.2, -0.15) is 0 Å². The zero-order valence-electron chi connectivity index (χ0n) is 11.1. The Morgan fingerprint density at radius 2 is 1.89 bits per heavy atom. The summed E-state index contributed by atoms with van der Waals surface area (Å²) >= 11 is 0. The summed E-state index contributed by atoms with van der Waals surface area (Å²) in [6.07, 6.45) is 5.07. The minimum atomic E-state index is -0.994. The topological polar surface area (TPSA) is 63.6 Å². The number of hydrogen-bond acceptors (Lipinski definition) is 3. The minimum Gasteiger partial charge on any atom is -0.478 e. The molecule has 0 aromatic carbocycles. The molecule has 1 N–H and O–H groups in total. The van der Waals surface area contributed by atoms with Gasteiger partial charge in [0.05, 0.1) is 6.42 Å². The lowest BCUT2D eigenvalue weighted by Crippen LogP contribution is -2.51. The van der Waals surface area contributed by atoms with Crippen molar-refractivity contribution in [2.75, 3.05) is 0 Å². The van der Waals surface area contributed by atoms with Crippen molar-refractivity contribution in [1.29, 1.82) is 0 Å². The molecule has 4 nitrogen and oxygen atoms in total. The van der Waals surface area contributed by atoms with Gasteiger partial charge in [-0.3, -0.25) is 4.79 Å². The van der Waals surface area contributed by atoms with Gasteiger partial charge in [0.2, 0.25) is 6.10 Å². The quantitative estimate of drug-likeness (QED) is 0.769. The van der Waals surface area contributed by atoms with Crippen molar-refractivity contribution >= 4 is 11.9 Å². The van der Waals surface area contributed by atoms with Gasteiger partial charge in [-0.25, -0.2) is 4.79 Å². The maximum absolute atomic E-state index is 11.5. The summed E-state index contributed by atoms with van der Waals surface area (Å²) in [4.78, 5) is 22.9. The van der Waals surface area contributed by atoms with Crippen LogP contribution >= 0.6 is 0 Å². The van der Waals surface area contributed by atoms with Crippen molar-refractivity contribution in [3.05, 3.63) is 0 Å². The third kappa shape index (κ3) is 2.52. The first-order valence-electron chi connectivity index (χ1n) is 6.84. The van der Waals surface area contributed by atoms with Crippen LogP contribution in [0.25, 0.3) is 0 Å². The van der Waals surface area contributed by atoms with E-state index in [2.05, 4.69) is 0 Å². The van der Waals surface area contributed by atoms with Crippen LogP contribution in [0.4, 0.5) is 0 Å². The number of carbonyl (C=O) groups excluding carboxylic acids is 1. The summed E-state index contributed by atoms with van der Waals surface area (Å²) < 4.78 is 5.11. The Balaban J connectivity index is 2.24. The highest BCUT2D eigenvalue weighted by Crippen LogP contribution is 2.47. The third-order valence-corrected chi connectivity index (χ3v) is 4.49. The number of hydrogen-bond donors (Lipinski definition) is 1. The van der Waals surface area contributed by atoms with E-state index >= 15 is 0 Å². The fraction of sp³-hybridized carbons (Fsp3) is 0.857. The molecule has 0 spiro atoms.